The molecular formula is C10H9ClF4N2O. The van der Waals surface area contributed by atoms with E-state index < -0.39 is 29.1 Å². The summed E-state index contributed by atoms with van der Waals surface area (Å²) in [5.74, 6) is -2.55. The predicted octanol–water partition coefficient (Wildman–Crippen LogP) is 2.70. The number of benzene rings is 1. The molecule has 0 spiro atoms. The van der Waals surface area contributed by atoms with E-state index in [2.05, 4.69) is 0 Å². The second-order valence-electron chi connectivity index (χ2n) is 3.75. The zero-order valence-corrected chi connectivity index (χ0v) is 9.86. The molecule has 0 bridgehead atoms. The van der Waals surface area contributed by atoms with E-state index >= 15 is 0 Å². The van der Waals surface area contributed by atoms with Crippen LogP contribution >= 0.6 is 11.6 Å². The quantitative estimate of drug-likeness (QED) is 0.821. The van der Waals surface area contributed by atoms with Crippen molar-refractivity contribution in [3.63, 3.8) is 0 Å². The molecule has 1 atom stereocenters. The maximum atomic E-state index is 13.3. The van der Waals surface area contributed by atoms with Gasteiger partial charge in [-0.2, -0.15) is 13.2 Å². The number of halogens is 5. The molecule has 0 aliphatic carbocycles. The summed E-state index contributed by atoms with van der Waals surface area (Å²) < 4.78 is 50.7. The number of hydrogen-bond acceptors (Lipinski definition) is 2. The molecule has 1 aromatic rings. The second kappa shape index (κ2) is 4.74. The molecule has 8 heteroatoms. The zero-order chi connectivity index (χ0) is 14.1. The Labute approximate surface area is 105 Å². The summed E-state index contributed by atoms with van der Waals surface area (Å²) in [7, 11) is 0. The summed E-state index contributed by atoms with van der Waals surface area (Å²) in [4.78, 5) is 11.4. The van der Waals surface area contributed by atoms with Crippen molar-refractivity contribution in [1.82, 2.24) is 0 Å². The molecule has 0 aliphatic rings. The van der Waals surface area contributed by atoms with Crippen LogP contribution in [0, 0.1) is 5.82 Å². The summed E-state index contributed by atoms with van der Waals surface area (Å²) >= 11 is 5.56. The van der Waals surface area contributed by atoms with Crippen LogP contribution in [0.3, 0.4) is 0 Å². The highest BCUT2D eigenvalue weighted by Crippen LogP contribution is 2.31. The van der Waals surface area contributed by atoms with Gasteiger partial charge in [-0.15, -0.1) is 0 Å². The van der Waals surface area contributed by atoms with Gasteiger partial charge in [-0.05, 0) is 19.1 Å². The van der Waals surface area contributed by atoms with Crippen LogP contribution in [-0.2, 0) is 4.79 Å². The van der Waals surface area contributed by atoms with E-state index in [-0.39, 0.29) is 5.02 Å². The molecule has 0 saturated carbocycles. The van der Waals surface area contributed by atoms with E-state index in [1.807, 2.05) is 0 Å². The lowest BCUT2D eigenvalue weighted by Gasteiger charge is -2.26. The summed E-state index contributed by atoms with van der Waals surface area (Å²) in [6.45, 7) is 0.483. The van der Waals surface area contributed by atoms with Crippen LogP contribution in [0.25, 0.3) is 0 Å². The van der Waals surface area contributed by atoms with Gasteiger partial charge < -0.3 is 11.1 Å². The molecule has 1 aromatic carbocycles. The van der Waals surface area contributed by atoms with Crippen LogP contribution in [0.4, 0.5) is 23.2 Å². The van der Waals surface area contributed by atoms with E-state index in [4.69, 9.17) is 17.3 Å². The van der Waals surface area contributed by atoms with Gasteiger partial charge in [-0.1, -0.05) is 17.7 Å². The fraction of sp³-hybridized carbons (Fsp3) is 0.300. The van der Waals surface area contributed by atoms with Gasteiger partial charge in [-0.3, -0.25) is 4.79 Å². The minimum Gasteiger partial charge on any atom is -0.320 e. The number of para-hydroxylation sites is 1. The third kappa shape index (κ3) is 2.73. The number of carbonyl (C=O) groups excluding carboxylic acids is 1. The summed E-state index contributed by atoms with van der Waals surface area (Å²) in [5.41, 5.74) is 1.21. The molecule has 3 nitrogen and oxygen atoms in total. The minimum absolute atomic E-state index is 0.221. The predicted molar refractivity (Wildman–Crippen MR) is 58.7 cm³/mol. The van der Waals surface area contributed by atoms with Gasteiger partial charge in [0, 0.05) is 0 Å². The first-order chi connectivity index (χ1) is 8.07. The smallest absolute Gasteiger partial charge is 0.320 e. The maximum absolute atomic E-state index is 13.3. The van der Waals surface area contributed by atoms with Gasteiger partial charge >= 0.3 is 6.18 Å². The Morgan fingerprint density at radius 3 is 2.39 bits per heavy atom. The lowest BCUT2D eigenvalue weighted by molar-refractivity contribution is -0.184. The van der Waals surface area contributed by atoms with Gasteiger partial charge in [0.05, 0.1) is 10.7 Å². The first kappa shape index (κ1) is 14.7. The molecule has 0 fully saturated rings. The molecule has 0 aliphatic heterocycles. The molecule has 1 amide bonds. The largest absolute Gasteiger partial charge is 0.415 e. The van der Waals surface area contributed by atoms with Crippen LogP contribution in [0.1, 0.15) is 6.92 Å². The number of nitrogens with one attached hydrogen (secondary N) is 1. The second-order valence-corrected chi connectivity index (χ2v) is 4.16. The van der Waals surface area contributed by atoms with E-state index in [0.717, 1.165) is 6.07 Å². The van der Waals surface area contributed by atoms with Crippen molar-refractivity contribution >= 4 is 23.2 Å². The van der Waals surface area contributed by atoms with E-state index in [1.165, 1.54) is 12.1 Å². The monoisotopic (exact) mass is 284 g/mol. The Morgan fingerprint density at radius 1 is 1.39 bits per heavy atom. The highest BCUT2D eigenvalue weighted by molar-refractivity contribution is 6.33. The molecule has 1 rings (SSSR count). The Balaban J connectivity index is 3.03. The number of carbonyl (C=O) groups is 1. The molecule has 100 valence electrons. The van der Waals surface area contributed by atoms with Crippen molar-refractivity contribution in [3.8, 4) is 0 Å². The number of hydrogen-bond donors (Lipinski definition) is 2. The lowest BCUT2D eigenvalue weighted by Crippen LogP contribution is -2.59. The normalized spacial score (nSPS) is 15.1. The molecule has 0 aromatic heterocycles. The van der Waals surface area contributed by atoms with Crippen molar-refractivity contribution < 1.29 is 22.4 Å². The number of rotatable bonds is 2. The van der Waals surface area contributed by atoms with Gasteiger partial charge in [0.1, 0.15) is 5.82 Å². The Hall–Kier alpha value is -1.34. The molecule has 3 N–H and O–H groups in total. The molecule has 0 saturated heterocycles. The van der Waals surface area contributed by atoms with E-state index in [0.29, 0.717) is 6.92 Å². The van der Waals surface area contributed by atoms with Crippen LogP contribution in [0.5, 0.6) is 0 Å². The third-order valence-corrected chi connectivity index (χ3v) is 2.58. The molecule has 18 heavy (non-hydrogen) atoms. The summed E-state index contributed by atoms with van der Waals surface area (Å²) in [6, 6.07) is 3.42. The van der Waals surface area contributed by atoms with Crippen LogP contribution in [0.2, 0.25) is 5.02 Å². The average Bonchev–Trinajstić information content (AvgIpc) is 2.21. The SMILES string of the molecule is CC(N)(C(=O)Nc1c(F)cccc1Cl)C(F)(F)F. The molecule has 0 radical (unpaired) electrons. The van der Waals surface area contributed by atoms with Crippen LogP contribution < -0.4 is 11.1 Å². The summed E-state index contributed by atoms with van der Waals surface area (Å²) in [6.07, 6.45) is -4.96. The Bertz CT molecular complexity index is 453. The highest BCUT2D eigenvalue weighted by atomic mass is 35.5. The maximum Gasteiger partial charge on any atom is 0.415 e. The zero-order valence-electron chi connectivity index (χ0n) is 9.11. The van der Waals surface area contributed by atoms with Crippen molar-refractivity contribution in [1.29, 1.82) is 0 Å². The standard InChI is InChI=1S/C10H9ClF4N2O/c1-9(16,10(13,14)15)8(18)17-7-5(11)3-2-4-6(7)12/h2-4H,16H2,1H3,(H,17,18). The minimum atomic E-state index is -4.96. The van der Waals surface area contributed by atoms with E-state index in [9.17, 15) is 22.4 Å². The Morgan fingerprint density at radius 2 is 1.94 bits per heavy atom. The number of amides is 1. The molecule has 1 unspecified atom stereocenters. The van der Waals surface area contributed by atoms with Gasteiger partial charge in [0.15, 0.2) is 5.54 Å². The number of anilines is 1. The summed E-state index contributed by atoms with van der Waals surface area (Å²) in [5, 5.41) is 1.51. The van der Waals surface area contributed by atoms with Gasteiger partial charge in [-0.25, -0.2) is 4.39 Å². The highest BCUT2D eigenvalue weighted by Gasteiger charge is 2.54. The number of alkyl halides is 3. The van der Waals surface area contributed by atoms with Gasteiger partial charge in [0.2, 0.25) is 0 Å². The lowest BCUT2D eigenvalue weighted by atomic mass is 10.0. The van der Waals surface area contributed by atoms with Crippen LogP contribution in [-0.4, -0.2) is 17.6 Å². The topological polar surface area (TPSA) is 55.1 Å². The van der Waals surface area contributed by atoms with Gasteiger partial charge in [0.25, 0.3) is 5.91 Å². The number of nitrogens with two attached hydrogens (primary N) is 1. The fourth-order valence-corrected chi connectivity index (χ4v) is 1.20. The van der Waals surface area contributed by atoms with Crippen molar-refractivity contribution in [3.05, 3.63) is 29.0 Å². The first-order valence-electron chi connectivity index (χ1n) is 4.68. The molecule has 0 heterocycles. The van der Waals surface area contributed by atoms with Crippen molar-refractivity contribution in [2.24, 2.45) is 5.73 Å². The van der Waals surface area contributed by atoms with Crippen LogP contribution in [0.15, 0.2) is 18.2 Å². The third-order valence-electron chi connectivity index (χ3n) is 2.26. The Kier molecular flexibility index (Phi) is 3.87. The fourth-order valence-electron chi connectivity index (χ4n) is 0.989. The van der Waals surface area contributed by atoms with Crippen molar-refractivity contribution in [2.75, 3.05) is 5.32 Å². The first-order valence-corrected chi connectivity index (χ1v) is 5.06. The van der Waals surface area contributed by atoms with E-state index in [1.54, 1.807) is 5.32 Å². The molecular weight excluding hydrogens is 276 g/mol. The average molecular weight is 285 g/mol. The van der Waals surface area contributed by atoms with Crippen molar-refractivity contribution in [2.45, 2.75) is 18.6 Å².